The summed E-state index contributed by atoms with van der Waals surface area (Å²) in [6, 6.07) is 0.374. The second-order valence-corrected chi connectivity index (χ2v) is 7.39. The van der Waals surface area contributed by atoms with Crippen LogP contribution in [0, 0.1) is 13.8 Å². The predicted molar refractivity (Wildman–Crippen MR) is 88.7 cm³/mol. The van der Waals surface area contributed by atoms with E-state index < -0.39 is 0 Å². The van der Waals surface area contributed by atoms with Gasteiger partial charge in [-0.3, -0.25) is 9.48 Å². The summed E-state index contributed by atoms with van der Waals surface area (Å²) in [5, 5.41) is 8.26. The van der Waals surface area contributed by atoms with E-state index in [1.165, 1.54) is 24.1 Å². The smallest absolute Gasteiger partial charge is 0.220 e. The molecule has 2 rings (SSSR count). The summed E-state index contributed by atoms with van der Waals surface area (Å²) >= 11 is 1.98. The topological polar surface area (TPSA) is 46.9 Å². The molecule has 0 spiro atoms. The molecule has 1 amide bonds. The summed E-state index contributed by atoms with van der Waals surface area (Å²) < 4.78 is 1.90. The minimum absolute atomic E-state index is 0.186. The molecule has 2 atom stereocenters. The first-order chi connectivity index (χ1) is 10.0. The van der Waals surface area contributed by atoms with E-state index in [4.69, 9.17) is 0 Å². The molecule has 1 fully saturated rings. The molecule has 1 N–H and O–H groups in total. The average Bonchev–Trinajstić information content (AvgIpc) is 2.95. The first-order valence-corrected chi connectivity index (χ1v) is 8.97. The van der Waals surface area contributed by atoms with Crippen molar-refractivity contribution in [3.05, 3.63) is 17.0 Å². The summed E-state index contributed by atoms with van der Waals surface area (Å²) in [6.45, 7) is 6.28. The maximum atomic E-state index is 12.2. The van der Waals surface area contributed by atoms with Crippen LogP contribution in [0.3, 0.4) is 0 Å². The molecule has 1 saturated carbocycles. The molecule has 0 radical (unpaired) electrons. The van der Waals surface area contributed by atoms with Gasteiger partial charge in [0.2, 0.25) is 5.91 Å². The maximum absolute atomic E-state index is 12.2. The standard InChI is InChI=1S/C16H27N3OS/c1-5-21-15-8-6-7-14(15)17-16(20)10-9-13-11(2)18-19(4)12(13)3/h14-15H,5-10H2,1-4H3,(H,17,20)/t14-,15+/m0/s1. The lowest BCUT2D eigenvalue weighted by molar-refractivity contribution is -0.121. The van der Waals surface area contributed by atoms with Gasteiger partial charge >= 0.3 is 0 Å². The Labute approximate surface area is 132 Å². The van der Waals surface area contributed by atoms with E-state index >= 15 is 0 Å². The van der Waals surface area contributed by atoms with Gasteiger partial charge in [0.15, 0.2) is 0 Å². The van der Waals surface area contributed by atoms with Gasteiger partial charge in [-0.15, -0.1) is 0 Å². The lowest BCUT2D eigenvalue weighted by atomic mass is 10.1. The van der Waals surface area contributed by atoms with Crippen LogP contribution in [0.15, 0.2) is 0 Å². The van der Waals surface area contributed by atoms with Crippen LogP contribution in [0.4, 0.5) is 0 Å². The van der Waals surface area contributed by atoms with Crippen molar-refractivity contribution >= 4 is 17.7 Å². The summed E-state index contributed by atoms with van der Waals surface area (Å²) in [6.07, 6.45) is 4.96. The van der Waals surface area contributed by atoms with Gasteiger partial charge in [-0.2, -0.15) is 16.9 Å². The zero-order valence-corrected chi connectivity index (χ0v) is 14.4. The Morgan fingerprint density at radius 2 is 2.19 bits per heavy atom. The predicted octanol–water partition coefficient (Wildman–Crippen LogP) is 2.76. The largest absolute Gasteiger partial charge is 0.352 e. The molecule has 0 bridgehead atoms. The molecular weight excluding hydrogens is 282 g/mol. The second kappa shape index (κ2) is 7.34. The normalized spacial score (nSPS) is 21.7. The summed E-state index contributed by atoms with van der Waals surface area (Å²) in [4.78, 5) is 12.2. The Morgan fingerprint density at radius 1 is 1.43 bits per heavy atom. The van der Waals surface area contributed by atoms with Crippen molar-refractivity contribution < 1.29 is 4.79 Å². The highest BCUT2D eigenvalue weighted by molar-refractivity contribution is 7.99. The SMILES string of the molecule is CCS[C@@H]1CCC[C@@H]1NC(=O)CCc1c(C)nn(C)c1C. The lowest BCUT2D eigenvalue weighted by Crippen LogP contribution is -2.38. The van der Waals surface area contributed by atoms with Gasteiger partial charge in [0.1, 0.15) is 0 Å². The fourth-order valence-corrected chi connectivity index (χ4v) is 4.40. The molecular formula is C16H27N3OS. The quantitative estimate of drug-likeness (QED) is 0.879. The molecule has 1 heterocycles. The summed E-state index contributed by atoms with van der Waals surface area (Å²) in [5.74, 6) is 1.32. The molecule has 0 unspecified atom stereocenters. The van der Waals surface area contributed by atoms with Crippen LogP contribution in [0.1, 0.15) is 49.6 Å². The number of amides is 1. The fourth-order valence-electron chi connectivity index (χ4n) is 3.20. The zero-order chi connectivity index (χ0) is 15.4. The summed E-state index contributed by atoms with van der Waals surface area (Å²) in [7, 11) is 1.96. The number of carbonyl (C=O) groups excluding carboxylic acids is 1. The minimum Gasteiger partial charge on any atom is -0.352 e. The Balaban J connectivity index is 1.85. The fraction of sp³-hybridized carbons (Fsp3) is 0.750. The van der Waals surface area contributed by atoms with Crippen molar-refractivity contribution in [2.45, 2.75) is 64.2 Å². The van der Waals surface area contributed by atoms with Crippen molar-refractivity contribution in [3.63, 3.8) is 0 Å². The van der Waals surface area contributed by atoms with Crippen LogP contribution in [-0.2, 0) is 18.3 Å². The van der Waals surface area contributed by atoms with E-state index in [2.05, 4.69) is 24.3 Å². The van der Waals surface area contributed by atoms with Crippen LogP contribution in [-0.4, -0.2) is 32.7 Å². The highest BCUT2D eigenvalue weighted by Crippen LogP contribution is 2.29. The van der Waals surface area contributed by atoms with Gasteiger partial charge in [0, 0.05) is 30.5 Å². The average molecular weight is 309 g/mol. The molecule has 1 aromatic rings. The van der Waals surface area contributed by atoms with Gasteiger partial charge in [-0.1, -0.05) is 13.3 Å². The molecule has 5 heteroatoms. The van der Waals surface area contributed by atoms with Crippen LogP contribution >= 0.6 is 11.8 Å². The van der Waals surface area contributed by atoms with Crippen LogP contribution < -0.4 is 5.32 Å². The van der Waals surface area contributed by atoms with Crippen molar-refractivity contribution in [1.82, 2.24) is 15.1 Å². The first kappa shape index (κ1) is 16.4. The molecule has 0 saturated heterocycles. The number of thioether (sulfide) groups is 1. The van der Waals surface area contributed by atoms with Crippen LogP contribution in [0.2, 0.25) is 0 Å². The molecule has 1 aliphatic carbocycles. The maximum Gasteiger partial charge on any atom is 0.220 e. The van der Waals surface area contributed by atoms with Crippen molar-refractivity contribution in [2.75, 3.05) is 5.75 Å². The van der Waals surface area contributed by atoms with Gasteiger partial charge in [0.05, 0.1) is 5.69 Å². The molecule has 1 aliphatic rings. The molecule has 4 nitrogen and oxygen atoms in total. The zero-order valence-electron chi connectivity index (χ0n) is 13.6. The number of rotatable bonds is 6. The molecule has 118 valence electrons. The van der Waals surface area contributed by atoms with Crippen LogP contribution in [0.5, 0.6) is 0 Å². The number of aromatic nitrogens is 2. The van der Waals surface area contributed by atoms with E-state index in [1.807, 2.05) is 30.4 Å². The number of carbonyl (C=O) groups is 1. The number of hydrogen-bond donors (Lipinski definition) is 1. The Hall–Kier alpha value is -0.970. The third-order valence-corrected chi connectivity index (χ3v) is 5.77. The van der Waals surface area contributed by atoms with E-state index in [0.29, 0.717) is 17.7 Å². The van der Waals surface area contributed by atoms with Crippen molar-refractivity contribution in [2.24, 2.45) is 7.05 Å². The molecule has 0 aliphatic heterocycles. The van der Waals surface area contributed by atoms with Crippen molar-refractivity contribution in [1.29, 1.82) is 0 Å². The van der Waals surface area contributed by atoms with E-state index in [9.17, 15) is 4.79 Å². The highest BCUT2D eigenvalue weighted by Gasteiger charge is 2.28. The van der Waals surface area contributed by atoms with E-state index in [-0.39, 0.29) is 5.91 Å². The molecule has 0 aromatic carbocycles. The third-order valence-electron chi connectivity index (χ3n) is 4.44. The second-order valence-electron chi connectivity index (χ2n) is 5.87. The molecule has 1 aromatic heterocycles. The van der Waals surface area contributed by atoms with Gasteiger partial charge < -0.3 is 5.32 Å². The van der Waals surface area contributed by atoms with Crippen molar-refractivity contribution in [3.8, 4) is 0 Å². The molecule has 21 heavy (non-hydrogen) atoms. The summed E-state index contributed by atoms with van der Waals surface area (Å²) in [5.41, 5.74) is 3.43. The Kier molecular flexibility index (Phi) is 5.73. The number of nitrogens with zero attached hydrogens (tertiary/aromatic N) is 2. The Bertz CT molecular complexity index is 498. The number of hydrogen-bond acceptors (Lipinski definition) is 3. The van der Waals surface area contributed by atoms with Gasteiger partial charge in [-0.25, -0.2) is 0 Å². The first-order valence-electron chi connectivity index (χ1n) is 7.93. The Morgan fingerprint density at radius 3 is 2.81 bits per heavy atom. The third kappa shape index (κ3) is 4.02. The number of nitrogens with one attached hydrogen (secondary N) is 1. The highest BCUT2D eigenvalue weighted by atomic mass is 32.2. The monoisotopic (exact) mass is 309 g/mol. The van der Waals surface area contributed by atoms with E-state index in [1.54, 1.807) is 0 Å². The number of aryl methyl sites for hydroxylation is 2. The van der Waals surface area contributed by atoms with Crippen LogP contribution in [0.25, 0.3) is 0 Å². The van der Waals surface area contributed by atoms with Gasteiger partial charge in [0.25, 0.3) is 0 Å². The van der Waals surface area contributed by atoms with Gasteiger partial charge in [-0.05, 0) is 44.4 Å². The lowest BCUT2D eigenvalue weighted by Gasteiger charge is -2.20. The minimum atomic E-state index is 0.186. The van der Waals surface area contributed by atoms with E-state index in [0.717, 1.165) is 24.3 Å².